The predicted octanol–water partition coefficient (Wildman–Crippen LogP) is 0.834. The average Bonchev–Trinajstić information content (AvgIpc) is 3.47. The molecule has 5 N–H and O–H groups in total. The Morgan fingerprint density at radius 3 is 2.62 bits per heavy atom. The number of likely N-dealkylation sites (N-methyl/N-ethyl adjacent to an activating group) is 1. The summed E-state index contributed by atoms with van der Waals surface area (Å²) in [6.45, 7) is 2.19. The zero-order valence-electron chi connectivity index (χ0n) is 22.3. The summed E-state index contributed by atoms with van der Waals surface area (Å²) in [6, 6.07) is 10.1. The summed E-state index contributed by atoms with van der Waals surface area (Å²) in [5, 5.41) is 14.4. The zero-order valence-corrected chi connectivity index (χ0v) is 24.8. The third-order valence-corrected chi connectivity index (χ3v) is 9.32. The van der Waals surface area contributed by atoms with E-state index < -0.39 is 0 Å². The number of carbonyl (C=O) groups is 4. The molecule has 2 heterocycles. The molecule has 3 rings (SSSR count). The van der Waals surface area contributed by atoms with Gasteiger partial charge in [0.25, 0.3) is 0 Å². The van der Waals surface area contributed by atoms with Gasteiger partial charge in [-0.05, 0) is 19.0 Å². The second-order valence-electron chi connectivity index (χ2n) is 9.79. The van der Waals surface area contributed by atoms with Crippen LogP contribution in [0, 0.1) is 0 Å². The molecular weight excluding hydrogens is 557 g/mol. The summed E-state index contributed by atoms with van der Waals surface area (Å²) in [6.07, 6.45) is 1.11. The van der Waals surface area contributed by atoms with Crippen LogP contribution in [0.1, 0.15) is 24.8 Å². The van der Waals surface area contributed by atoms with E-state index in [-0.39, 0.29) is 59.3 Å². The standard InChI is InChI=1S/C26H40N6O4S3/c1-32(11-12-38-16-18-5-3-2-4-6-18)14-19(29-24(35)15-37)7-8-22(33)27-9-10-28-23(34)13-21-25-20(17-39-21)30-26(36)31-25/h2-6,19-21,25,37H,7-17H2,1H3,(H,27,33)(H,28,34)(H,29,35)(H2,30,31,36). The monoisotopic (exact) mass is 596 g/mol. The minimum absolute atomic E-state index is 0.0176. The van der Waals surface area contributed by atoms with Gasteiger partial charge in [-0.1, -0.05) is 30.3 Å². The van der Waals surface area contributed by atoms with Crippen LogP contribution >= 0.6 is 36.2 Å². The number of fused-ring (bicyclic) bond motifs is 1. The maximum absolute atomic E-state index is 12.4. The van der Waals surface area contributed by atoms with Gasteiger partial charge in [-0.15, -0.1) is 0 Å². The van der Waals surface area contributed by atoms with E-state index in [0.29, 0.717) is 32.5 Å². The fraction of sp³-hybridized carbons (Fsp3) is 0.615. The van der Waals surface area contributed by atoms with Crippen LogP contribution in [0.4, 0.5) is 4.79 Å². The Morgan fingerprint density at radius 2 is 1.87 bits per heavy atom. The third kappa shape index (κ3) is 11.5. The minimum atomic E-state index is -0.171. The summed E-state index contributed by atoms with van der Waals surface area (Å²) >= 11 is 7.61. The van der Waals surface area contributed by atoms with Gasteiger partial charge in [0.05, 0.1) is 17.8 Å². The fourth-order valence-electron chi connectivity index (χ4n) is 4.55. The van der Waals surface area contributed by atoms with Gasteiger partial charge in [0.15, 0.2) is 0 Å². The lowest BCUT2D eigenvalue weighted by Gasteiger charge is -2.25. The Labute approximate surface area is 244 Å². The molecule has 0 saturated carbocycles. The quantitative estimate of drug-likeness (QED) is 0.0893. The zero-order chi connectivity index (χ0) is 28.0. The van der Waals surface area contributed by atoms with Gasteiger partial charge in [-0.3, -0.25) is 14.4 Å². The van der Waals surface area contributed by atoms with Gasteiger partial charge in [0.2, 0.25) is 17.7 Å². The van der Waals surface area contributed by atoms with Gasteiger partial charge < -0.3 is 31.5 Å². The lowest BCUT2D eigenvalue weighted by molar-refractivity contribution is -0.123. The van der Waals surface area contributed by atoms with E-state index in [1.165, 1.54) is 5.56 Å². The van der Waals surface area contributed by atoms with Crippen molar-refractivity contribution in [1.29, 1.82) is 0 Å². The Bertz CT molecular complexity index is 957. The first kappa shape index (κ1) is 31.4. The van der Waals surface area contributed by atoms with Crippen LogP contribution in [0.3, 0.4) is 0 Å². The number of benzene rings is 1. The van der Waals surface area contributed by atoms with Gasteiger partial charge in [0, 0.05) is 67.6 Å². The molecule has 0 aromatic heterocycles. The van der Waals surface area contributed by atoms with Gasteiger partial charge in [-0.2, -0.15) is 36.2 Å². The number of thiol groups is 1. The summed E-state index contributed by atoms with van der Waals surface area (Å²) in [5.41, 5.74) is 1.30. The highest BCUT2D eigenvalue weighted by Gasteiger charge is 2.43. The molecule has 4 unspecified atom stereocenters. The van der Waals surface area contributed by atoms with E-state index in [4.69, 9.17) is 0 Å². The SMILES string of the molecule is CN(CCSCc1ccccc1)CC(CCC(=O)NCCNC(=O)CC1SCC2NC(=O)NC21)NC(=O)CS. The first-order valence-corrected chi connectivity index (χ1v) is 16.1. The summed E-state index contributed by atoms with van der Waals surface area (Å²) in [4.78, 5) is 50.3. The minimum Gasteiger partial charge on any atom is -0.354 e. The van der Waals surface area contributed by atoms with Crippen molar-refractivity contribution in [2.75, 3.05) is 50.5 Å². The van der Waals surface area contributed by atoms with Crippen LogP contribution in [0.15, 0.2) is 30.3 Å². The van der Waals surface area contributed by atoms with E-state index in [1.54, 1.807) is 11.8 Å². The van der Waals surface area contributed by atoms with E-state index >= 15 is 0 Å². The maximum atomic E-state index is 12.4. The number of amides is 5. The smallest absolute Gasteiger partial charge is 0.315 e. The first-order chi connectivity index (χ1) is 18.8. The lowest BCUT2D eigenvalue weighted by atomic mass is 10.1. The molecule has 1 aromatic rings. The Balaban J connectivity index is 1.28. The highest BCUT2D eigenvalue weighted by Crippen LogP contribution is 2.31. The number of hydrogen-bond donors (Lipinski definition) is 6. The Kier molecular flexibility index (Phi) is 13.6. The van der Waals surface area contributed by atoms with Crippen LogP contribution in [0.25, 0.3) is 0 Å². The molecule has 10 nitrogen and oxygen atoms in total. The normalized spacial score (nSPS) is 20.6. The van der Waals surface area contributed by atoms with Crippen LogP contribution in [-0.4, -0.2) is 103 Å². The van der Waals surface area contributed by atoms with Crippen LogP contribution < -0.4 is 26.6 Å². The van der Waals surface area contributed by atoms with Crippen LogP contribution in [-0.2, 0) is 20.1 Å². The fourth-order valence-corrected chi connectivity index (χ4v) is 7.14. The van der Waals surface area contributed by atoms with Crippen molar-refractivity contribution < 1.29 is 19.2 Å². The molecule has 2 fully saturated rings. The van der Waals surface area contributed by atoms with Crippen molar-refractivity contribution in [3.8, 4) is 0 Å². The molecule has 1 aromatic carbocycles. The Morgan fingerprint density at radius 1 is 1.13 bits per heavy atom. The molecule has 39 heavy (non-hydrogen) atoms. The van der Waals surface area contributed by atoms with Crippen molar-refractivity contribution in [2.45, 2.75) is 48.4 Å². The molecule has 0 spiro atoms. The number of rotatable bonds is 17. The Hall–Kier alpha value is -2.09. The predicted molar refractivity (Wildman–Crippen MR) is 161 cm³/mol. The molecule has 4 atom stereocenters. The molecule has 2 saturated heterocycles. The average molecular weight is 597 g/mol. The topological polar surface area (TPSA) is 132 Å². The molecule has 2 aliphatic heterocycles. The second kappa shape index (κ2) is 16.9. The molecule has 0 radical (unpaired) electrons. The van der Waals surface area contributed by atoms with Crippen LogP contribution in [0.2, 0.25) is 0 Å². The maximum Gasteiger partial charge on any atom is 0.315 e. The highest BCUT2D eigenvalue weighted by atomic mass is 32.2. The van der Waals surface area contributed by atoms with Gasteiger partial charge in [0.1, 0.15) is 0 Å². The summed E-state index contributed by atoms with van der Waals surface area (Å²) in [7, 11) is 2.02. The number of nitrogens with one attached hydrogen (secondary N) is 5. The van der Waals surface area contributed by atoms with Crippen molar-refractivity contribution in [3.63, 3.8) is 0 Å². The highest BCUT2D eigenvalue weighted by molar-refractivity contribution is 8.00. The number of carbonyl (C=O) groups excluding carboxylic acids is 4. The first-order valence-electron chi connectivity index (χ1n) is 13.3. The largest absolute Gasteiger partial charge is 0.354 e. The molecule has 0 aliphatic carbocycles. The van der Waals surface area contributed by atoms with E-state index in [2.05, 4.69) is 56.2 Å². The lowest BCUT2D eigenvalue weighted by Crippen LogP contribution is -2.44. The molecule has 5 amide bonds. The summed E-state index contributed by atoms with van der Waals surface area (Å²) < 4.78 is 0. The molecule has 216 valence electrons. The van der Waals surface area contributed by atoms with E-state index in [9.17, 15) is 19.2 Å². The molecule has 13 heteroatoms. The van der Waals surface area contributed by atoms with Gasteiger partial charge >= 0.3 is 6.03 Å². The molecule has 2 aliphatic rings. The van der Waals surface area contributed by atoms with Crippen molar-refractivity contribution >= 4 is 59.9 Å². The summed E-state index contributed by atoms with van der Waals surface area (Å²) in [5.74, 6) is 2.46. The number of urea groups is 1. The van der Waals surface area contributed by atoms with Crippen molar-refractivity contribution in [2.24, 2.45) is 0 Å². The number of hydrogen-bond acceptors (Lipinski definition) is 8. The number of nitrogens with zero attached hydrogens (tertiary/aromatic N) is 1. The van der Waals surface area contributed by atoms with Crippen LogP contribution in [0.5, 0.6) is 0 Å². The molecular formula is C26H40N6O4S3. The van der Waals surface area contributed by atoms with Crippen molar-refractivity contribution in [3.05, 3.63) is 35.9 Å². The molecule has 0 bridgehead atoms. The van der Waals surface area contributed by atoms with E-state index in [1.807, 2.05) is 37.0 Å². The number of thioether (sulfide) groups is 2. The third-order valence-electron chi connectivity index (χ3n) is 6.58. The van der Waals surface area contributed by atoms with Crippen molar-refractivity contribution in [1.82, 2.24) is 31.5 Å². The second-order valence-corrected chi connectivity index (χ2v) is 12.5. The van der Waals surface area contributed by atoms with E-state index in [0.717, 1.165) is 23.8 Å². The van der Waals surface area contributed by atoms with Gasteiger partial charge in [-0.25, -0.2) is 4.79 Å².